The van der Waals surface area contributed by atoms with Gasteiger partial charge in [0.1, 0.15) is 11.6 Å². The third-order valence-electron chi connectivity index (χ3n) is 2.70. The molecule has 1 N–H and O–H groups in total. The summed E-state index contributed by atoms with van der Waals surface area (Å²) < 4.78 is 31.5. The predicted molar refractivity (Wildman–Crippen MR) is 74.0 cm³/mol. The normalized spacial score (nSPS) is 10.3. The van der Waals surface area contributed by atoms with E-state index in [1.807, 2.05) is 13.0 Å². The molecule has 106 valence electrons. The molecule has 2 rings (SSSR count). The number of nitrogens with zero attached hydrogens (tertiary/aromatic N) is 1. The lowest BCUT2D eigenvalue weighted by molar-refractivity contribution is 0.340. The molecule has 0 atom stereocenters. The molecular weight excluding hydrogens is 262 g/mol. The summed E-state index contributed by atoms with van der Waals surface area (Å²) in [6.45, 7) is 2.96. The van der Waals surface area contributed by atoms with Gasteiger partial charge in [0.05, 0.1) is 6.61 Å². The molecule has 3 nitrogen and oxygen atoms in total. The lowest BCUT2D eigenvalue weighted by atomic mass is 10.1. The van der Waals surface area contributed by atoms with E-state index in [1.165, 1.54) is 12.1 Å². The van der Waals surface area contributed by atoms with Crippen molar-refractivity contribution in [2.45, 2.75) is 13.3 Å². The maximum Gasteiger partial charge on any atom is 0.168 e. The van der Waals surface area contributed by atoms with E-state index in [0.29, 0.717) is 36.7 Å². The van der Waals surface area contributed by atoms with Gasteiger partial charge in [0, 0.05) is 18.8 Å². The van der Waals surface area contributed by atoms with Crippen LogP contribution in [0.25, 0.3) is 0 Å². The average molecular weight is 278 g/mol. The summed E-state index contributed by atoms with van der Waals surface area (Å²) in [6, 6.07) is 7.13. The summed E-state index contributed by atoms with van der Waals surface area (Å²) in [4.78, 5) is 4.18. The molecule has 20 heavy (non-hydrogen) atoms. The summed E-state index contributed by atoms with van der Waals surface area (Å²) in [5.74, 6) is 0.173. The van der Waals surface area contributed by atoms with Crippen LogP contribution in [0.4, 0.5) is 14.6 Å². The molecule has 0 aliphatic heterocycles. The van der Waals surface area contributed by atoms with Crippen molar-refractivity contribution in [3.05, 3.63) is 53.7 Å². The van der Waals surface area contributed by atoms with Gasteiger partial charge in [-0.1, -0.05) is 0 Å². The summed E-state index contributed by atoms with van der Waals surface area (Å²) >= 11 is 0. The molecule has 0 unspecified atom stereocenters. The van der Waals surface area contributed by atoms with E-state index in [-0.39, 0.29) is 0 Å². The van der Waals surface area contributed by atoms with Gasteiger partial charge in [-0.05, 0) is 43.2 Å². The van der Waals surface area contributed by atoms with Crippen molar-refractivity contribution in [3.8, 4) is 5.75 Å². The molecule has 0 saturated carbocycles. The largest absolute Gasteiger partial charge is 0.490 e. The van der Waals surface area contributed by atoms with Crippen LogP contribution in [0, 0.1) is 11.6 Å². The zero-order chi connectivity index (χ0) is 14.4. The van der Waals surface area contributed by atoms with Crippen molar-refractivity contribution in [2.75, 3.05) is 18.5 Å². The second kappa shape index (κ2) is 6.84. The van der Waals surface area contributed by atoms with Crippen molar-refractivity contribution in [3.63, 3.8) is 0 Å². The number of anilines is 1. The molecular formula is C15H16F2N2O. The van der Waals surface area contributed by atoms with Gasteiger partial charge in [-0.25, -0.2) is 13.8 Å². The molecule has 5 heteroatoms. The number of halogens is 2. The highest BCUT2D eigenvalue weighted by atomic mass is 19.1. The van der Waals surface area contributed by atoms with Crippen LogP contribution in [0.1, 0.15) is 12.5 Å². The standard InChI is InChI=1S/C15H16F2N2O/c1-2-20-14-4-3-6-18-15(14)19-7-5-11-8-12(16)10-13(17)9-11/h3-4,6,8-10H,2,5,7H2,1H3,(H,18,19). The van der Waals surface area contributed by atoms with Gasteiger partial charge in [-0.3, -0.25) is 0 Å². The molecule has 0 fully saturated rings. The second-order valence-electron chi connectivity index (χ2n) is 4.24. The highest BCUT2D eigenvalue weighted by Crippen LogP contribution is 2.20. The Hall–Kier alpha value is -2.17. The van der Waals surface area contributed by atoms with E-state index >= 15 is 0 Å². The molecule has 1 heterocycles. The first-order chi connectivity index (χ1) is 9.69. The maximum atomic E-state index is 13.0. The van der Waals surface area contributed by atoms with Gasteiger partial charge in [-0.15, -0.1) is 0 Å². The SMILES string of the molecule is CCOc1cccnc1NCCc1cc(F)cc(F)c1. The lowest BCUT2D eigenvalue weighted by Gasteiger charge is -2.11. The van der Waals surface area contributed by atoms with Gasteiger partial charge >= 0.3 is 0 Å². The molecule has 0 aliphatic rings. The Morgan fingerprint density at radius 1 is 1.20 bits per heavy atom. The third-order valence-corrected chi connectivity index (χ3v) is 2.70. The van der Waals surface area contributed by atoms with Gasteiger partial charge in [0.15, 0.2) is 11.6 Å². The molecule has 0 aliphatic carbocycles. The molecule has 0 radical (unpaired) electrons. The van der Waals surface area contributed by atoms with Crippen LogP contribution in [0.5, 0.6) is 5.75 Å². The number of benzene rings is 1. The average Bonchev–Trinajstić information content (AvgIpc) is 2.40. The molecule has 0 spiro atoms. The topological polar surface area (TPSA) is 34.1 Å². The van der Waals surface area contributed by atoms with Crippen molar-refractivity contribution >= 4 is 5.82 Å². The Morgan fingerprint density at radius 3 is 2.65 bits per heavy atom. The molecule has 0 amide bonds. The van der Waals surface area contributed by atoms with E-state index in [4.69, 9.17) is 4.74 Å². The third kappa shape index (κ3) is 3.91. The first-order valence-corrected chi connectivity index (χ1v) is 6.45. The summed E-state index contributed by atoms with van der Waals surface area (Å²) in [5, 5.41) is 3.10. The number of pyridine rings is 1. The minimum atomic E-state index is -0.562. The summed E-state index contributed by atoms with van der Waals surface area (Å²) in [5.41, 5.74) is 0.601. The van der Waals surface area contributed by atoms with E-state index in [2.05, 4.69) is 10.3 Å². The van der Waals surface area contributed by atoms with Crippen LogP contribution in [-0.4, -0.2) is 18.1 Å². The smallest absolute Gasteiger partial charge is 0.168 e. The molecule has 0 bridgehead atoms. The van der Waals surface area contributed by atoms with Gasteiger partial charge < -0.3 is 10.1 Å². The number of nitrogens with one attached hydrogen (secondary N) is 1. The van der Waals surface area contributed by atoms with Gasteiger partial charge in [0.25, 0.3) is 0 Å². The molecule has 0 saturated heterocycles. The fraction of sp³-hybridized carbons (Fsp3) is 0.267. The van der Waals surface area contributed by atoms with E-state index in [0.717, 1.165) is 6.07 Å². The quantitative estimate of drug-likeness (QED) is 0.879. The van der Waals surface area contributed by atoms with Crippen molar-refractivity contribution in [1.82, 2.24) is 4.98 Å². The maximum absolute atomic E-state index is 13.0. The zero-order valence-electron chi connectivity index (χ0n) is 11.2. The van der Waals surface area contributed by atoms with Crippen molar-refractivity contribution < 1.29 is 13.5 Å². The predicted octanol–water partition coefficient (Wildman–Crippen LogP) is 3.41. The van der Waals surface area contributed by atoms with E-state index < -0.39 is 11.6 Å². The first kappa shape index (κ1) is 14.2. The number of hydrogen-bond acceptors (Lipinski definition) is 3. The Kier molecular flexibility index (Phi) is 4.87. The van der Waals surface area contributed by atoms with Crippen molar-refractivity contribution in [1.29, 1.82) is 0 Å². The van der Waals surface area contributed by atoms with Crippen LogP contribution in [0.15, 0.2) is 36.5 Å². The zero-order valence-corrected chi connectivity index (χ0v) is 11.2. The van der Waals surface area contributed by atoms with E-state index in [9.17, 15) is 8.78 Å². The number of aromatic nitrogens is 1. The highest BCUT2D eigenvalue weighted by molar-refractivity contribution is 5.49. The van der Waals surface area contributed by atoms with Gasteiger partial charge in [0.2, 0.25) is 0 Å². The Morgan fingerprint density at radius 2 is 1.95 bits per heavy atom. The first-order valence-electron chi connectivity index (χ1n) is 6.45. The molecule has 2 aromatic rings. The minimum absolute atomic E-state index is 0.497. The summed E-state index contributed by atoms with van der Waals surface area (Å²) in [6.07, 6.45) is 2.16. The highest BCUT2D eigenvalue weighted by Gasteiger charge is 2.04. The number of rotatable bonds is 6. The summed E-state index contributed by atoms with van der Waals surface area (Å²) in [7, 11) is 0. The Labute approximate surface area is 116 Å². The molecule has 1 aromatic heterocycles. The van der Waals surface area contributed by atoms with Crippen LogP contribution in [0.3, 0.4) is 0 Å². The van der Waals surface area contributed by atoms with Crippen LogP contribution >= 0.6 is 0 Å². The monoisotopic (exact) mass is 278 g/mol. The van der Waals surface area contributed by atoms with E-state index in [1.54, 1.807) is 12.3 Å². The minimum Gasteiger partial charge on any atom is -0.490 e. The van der Waals surface area contributed by atoms with Crippen LogP contribution in [0.2, 0.25) is 0 Å². The Balaban J connectivity index is 1.95. The lowest BCUT2D eigenvalue weighted by Crippen LogP contribution is -2.08. The fourth-order valence-corrected chi connectivity index (χ4v) is 1.88. The Bertz CT molecular complexity index is 555. The number of ether oxygens (including phenoxy) is 1. The van der Waals surface area contributed by atoms with Gasteiger partial charge in [-0.2, -0.15) is 0 Å². The van der Waals surface area contributed by atoms with Crippen molar-refractivity contribution in [2.24, 2.45) is 0 Å². The number of hydrogen-bond donors (Lipinski definition) is 1. The fourth-order valence-electron chi connectivity index (χ4n) is 1.88. The molecule has 1 aromatic carbocycles. The second-order valence-corrected chi connectivity index (χ2v) is 4.24. The van der Waals surface area contributed by atoms with Crippen LogP contribution in [-0.2, 0) is 6.42 Å². The van der Waals surface area contributed by atoms with Crippen LogP contribution < -0.4 is 10.1 Å².